The van der Waals surface area contributed by atoms with Gasteiger partial charge in [0.05, 0.1) is 23.6 Å². The summed E-state index contributed by atoms with van der Waals surface area (Å²) >= 11 is 16.2. The van der Waals surface area contributed by atoms with E-state index in [1.165, 1.54) is 40.6 Å². The highest BCUT2D eigenvalue weighted by atomic mass is 35.5. The van der Waals surface area contributed by atoms with Crippen LogP contribution in [-0.4, -0.2) is 35.3 Å². The van der Waals surface area contributed by atoms with Crippen LogP contribution in [0.1, 0.15) is 53.5 Å². The smallest absolute Gasteiger partial charge is 0.396 e. The van der Waals surface area contributed by atoms with Gasteiger partial charge in [0.15, 0.2) is 0 Å². The van der Waals surface area contributed by atoms with Gasteiger partial charge < -0.3 is 10.6 Å². The highest BCUT2D eigenvalue weighted by Crippen LogP contribution is 2.50. The minimum absolute atomic E-state index is 0. The van der Waals surface area contributed by atoms with Crippen LogP contribution in [0.25, 0.3) is 0 Å². The van der Waals surface area contributed by atoms with Crippen LogP contribution in [0, 0.1) is 5.82 Å². The summed E-state index contributed by atoms with van der Waals surface area (Å²) in [6.07, 6.45) is -0.805. The molecule has 34 heavy (non-hydrogen) atoms. The van der Waals surface area contributed by atoms with Crippen molar-refractivity contribution in [2.45, 2.75) is 57.3 Å². The molecule has 0 amide bonds. The Morgan fingerprint density at radius 3 is 2.41 bits per heavy atom. The Hall–Kier alpha value is -1.42. The number of fused-ring (bicyclic) bond motifs is 1. The predicted molar refractivity (Wildman–Crippen MR) is 138 cm³/mol. The largest absolute Gasteiger partial charge is 0.400 e. The molecule has 0 spiro atoms. The summed E-state index contributed by atoms with van der Waals surface area (Å²) in [5, 5.41) is -0.300. The fourth-order valence-corrected chi connectivity index (χ4v) is 5.65. The van der Waals surface area contributed by atoms with Crippen molar-refractivity contribution < 1.29 is 17.6 Å². The third-order valence-electron chi connectivity index (χ3n) is 5.96. The molecule has 1 atom stereocenters. The van der Waals surface area contributed by atoms with Gasteiger partial charge >= 0.3 is 6.18 Å². The maximum atomic E-state index is 14.1. The van der Waals surface area contributed by atoms with Crippen molar-refractivity contribution in [3.8, 4) is 0 Å². The molecule has 1 unspecified atom stereocenters. The van der Waals surface area contributed by atoms with E-state index in [1.807, 2.05) is 4.90 Å². The summed E-state index contributed by atoms with van der Waals surface area (Å²) in [6.45, 7) is 0.824. The molecular formula is C23H27Cl2F4N3S2. The number of thiophene rings is 1. The SMILES string of the molecule is C.CCl.Fc1ccc(C2(C(F)(F)F)CN=C(N3Cc4cc(C5CC5)sc4C3)C2)cc1Cl.NC=S. The molecule has 0 radical (unpaired) electrons. The van der Waals surface area contributed by atoms with Crippen LogP contribution in [0.5, 0.6) is 0 Å². The number of halogens is 6. The van der Waals surface area contributed by atoms with Crippen molar-refractivity contribution in [1.82, 2.24) is 4.90 Å². The lowest BCUT2D eigenvalue weighted by atomic mass is 9.78. The van der Waals surface area contributed by atoms with E-state index in [9.17, 15) is 17.6 Å². The first-order chi connectivity index (χ1) is 15.7. The first-order valence-corrected chi connectivity index (χ1v) is 12.6. The average molecular weight is 557 g/mol. The Labute approximate surface area is 216 Å². The lowest BCUT2D eigenvalue weighted by Gasteiger charge is -2.32. The van der Waals surface area contributed by atoms with Gasteiger partial charge in [-0.2, -0.15) is 13.2 Å². The van der Waals surface area contributed by atoms with Crippen molar-refractivity contribution in [2.24, 2.45) is 10.7 Å². The van der Waals surface area contributed by atoms with Crippen LogP contribution < -0.4 is 5.73 Å². The molecule has 0 saturated heterocycles. The maximum absolute atomic E-state index is 14.1. The molecule has 3 nitrogen and oxygen atoms in total. The topological polar surface area (TPSA) is 41.6 Å². The van der Waals surface area contributed by atoms with Crippen LogP contribution >= 0.6 is 46.8 Å². The van der Waals surface area contributed by atoms with Gasteiger partial charge in [0.2, 0.25) is 0 Å². The number of alkyl halides is 4. The average Bonchev–Trinajstić information content (AvgIpc) is 3.19. The summed E-state index contributed by atoms with van der Waals surface area (Å²) in [5.41, 5.74) is 4.64. The first-order valence-electron chi connectivity index (χ1n) is 10.1. The molecule has 188 valence electrons. The summed E-state index contributed by atoms with van der Waals surface area (Å²) in [4.78, 5) is 8.87. The molecule has 5 rings (SSSR count). The molecule has 3 aliphatic rings. The zero-order chi connectivity index (χ0) is 24.4. The number of rotatable bonds is 2. The lowest BCUT2D eigenvalue weighted by Crippen LogP contribution is -2.44. The van der Waals surface area contributed by atoms with Crippen LogP contribution in [0.2, 0.25) is 5.02 Å². The van der Waals surface area contributed by atoms with E-state index < -0.39 is 24.0 Å². The number of hydrogen-bond donors (Lipinski definition) is 1. The minimum atomic E-state index is -4.51. The quantitative estimate of drug-likeness (QED) is 0.238. The van der Waals surface area contributed by atoms with Crippen molar-refractivity contribution >= 4 is 58.1 Å². The highest BCUT2D eigenvalue weighted by Gasteiger charge is 2.59. The summed E-state index contributed by atoms with van der Waals surface area (Å²) < 4.78 is 55.8. The van der Waals surface area contributed by atoms with Gasteiger partial charge in [-0.15, -0.1) is 22.9 Å². The molecule has 1 aliphatic carbocycles. The minimum Gasteiger partial charge on any atom is -0.396 e. The number of amidine groups is 1. The molecule has 1 aromatic carbocycles. The third-order valence-corrected chi connectivity index (χ3v) is 7.58. The van der Waals surface area contributed by atoms with Crippen LogP contribution in [-0.2, 0) is 18.5 Å². The monoisotopic (exact) mass is 555 g/mol. The molecule has 0 bridgehead atoms. The second-order valence-electron chi connectivity index (χ2n) is 7.98. The Balaban J connectivity index is 0.000000633. The van der Waals surface area contributed by atoms with Gasteiger partial charge in [0.25, 0.3) is 0 Å². The molecule has 2 N–H and O–H groups in total. The third kappa shape index (κ3) is 5.69. The molecule has 3 heterocycles. The van der Waals surface area contributed by atoms with Crippen molar-refractivity contribution in [2.75, 3.05) is 12.9 Å². The second-order valence-corrected chi connectivity index (χ2v) is 9.83. The lowest BCUT2D eigenvalue weighted by molar-refractivity contribution is -0.184. The van der Waals surface area contributed by atoms with Crippen LogP contribution in [0.3, 0.4) is 0 Å². The zero-order valence-electron chi connectivity index (χ0n) is 17.8. The fourth-order valence-electron chi connectivity index (χ4n) is 4.10. The van der Waals surface area contributed by atoms with Crippen molar-refractivity contribution in [3.63, 3.8) is 0 Å². The molecule has 2 aromatic rings. The molecule has 2 aliphatic heterocycles. The summed E-state index contributed by atoms with van der Waals surface area (Å²) in [7, 11) is 0. The van der Waals surface area contributed by atoms with Gasteiger partial charge in [-0.1, -0.05) is 37.3 Å². The van der Waals surface area contributed by atoms with E-state index in [0.29, 0.717) is 24.8 Å². The van der Waals surface area contributed by atoms with E-state index in [1.54, 1.807) is 11.3 Å². The fraction of sp³-hybridized carbons (Fsp3) is 0.478. The summed E-state index contributed by atoms with van der Waals surface area (Å²) in [6, 6.07) is 5.47. The Morgan fingerprint density at radius 2 is 1.88 bits per heavy atom. The number of aliphatic imine (C=N–C) groups is 1. The number of nitrogens with zero attached hydrogens (tertiary/aromatic N) is 2. The van der Waals surface area contributed by atoms with E-state index in [0.717, 1.165) is 17.6 Å². The number of nitrogens with two attached hydrogens (primary N) is 1. The van der Waals surface area contributed by atoms with Gasteiger partial charge in [-0.05, 0) is 48.1 Å². The van der Waals surface area contributed by atoms with E-state index in [4.69, 9.17) is 11.6 Å². The van der Waals surface area contributed by atoms with Gasteiger partial charge in [-0.25, -0.2) is 4.39 Å². The van der Waals surface area contributed by atoms with Crippen molar-refractivity contribution in [1.29, 1.82) is 0 Å². The number of thiocarbonyl (C=S) groups is 1. The Morgan fingerprint density at radius 1 is 1.24 bits per heavy atom. The maximum Gasteiger partial charge on any atom is 0.400 e. The molecule has 1 aromatic heterocycles. The highest BCUT2D eigenvalue weighted by molar-refractivity contribution is 7.78. The van der Waals surface area contributed by atoms with E-state index >= 15 is 0 Å². The Bertz CT molecular complexity index is 1010. The van der Waals surface area contributed by atoms with Gasteiger partial charge in [0, 0.05) is 29.1 Å². The first kappa shape index (κ1) is 28.8. The van der Waals surface area contributed by atoms with E-state index in [-0.39, 0.29) is 24.4 Å². The normalized spacial score (nSPS) is 20.8. The molecule has 1 fully saturated rings. The van der Waals surface area contributed by atoms with Gasteiger partial charge in [0.1, 0.15) is 17.1 Å². The molecule has 11 heteroatoms. The van der Waals surface area contributed by atoms with Crippen molar-refractivity contribution in [3.05, 3.63) is 56.0 Å². The zero-order valence-corrected chi connectivity index (χ0v) is 20.9. The standard InChI is InChI=1S/C20H17ClF4N2S.CH3Cl.CH3NS.CH4/c21-14-6-13(3-4-15(14)22)19(20(23,24)25)7-18(26-10-19)27-8-12-5-16(11-1-2-11)28-17(12)9-27;1-2;2-1-3;/h3-6,11H,1-2,7-10H2;1H3;1H,(H2,2,3);1H4. The molecular weight excluding hydrogens is 529 g/mol. The van der Waals surface area contributed by atoms with Crippen LogP contribution in [0.4, 0.5) is 17.6 Å². The number of benzene rings is 1. The van der Waals surface area contributed by atoms with Gasteiger partial charge in [-0.3, -0.25) is 4.99 Å². The number of hydrogen-bond acceptors (Lipinski definition) is 4. The summed E-state index contributed by atoms with van der Waals surface area (Å²) in [5.74, 6) is 0.431. The predicted octanol–water partition coefficient (Wildman–Crippen LogP) is 7.43. The Kier molecular flexibility index (Phi) is 9.78. The second kappa shape index (κ2) is 11.5. The van der Waals surface area contributed by atoms with Crippen LogP contribution in [0.15, 0.2) is 29.3 Å². The molecule has 1 saturated carbocycles. The van der Waals surface area contributed by atoms with E-state index in [2.05, 4.69) is 40.6 Å².